The molecular formula is C19H27NO3. The summed E-state index contributed by atoms with van der Waals surface area (Å²) >= 11 is 0. The molecule has 1 saturated carbocycles. The van der Waals surface area contributed by atoms with E-state index >= 15 is 0 Å². The third-order valence-electron chi connectivity index (χ3n) is 5.14. The van der Waals surface area contributed by atoms with Gasteiger partial charge in [0.25, 0.3) is 0 Å². The molecule has 23 heavy (non-hydrogen) atoms. The second kappa shape index (κ2) is 5.91. The molecule has 2 N–H and O–H groups in total. The van der Waals surface area contributed by atoms with Gasteiger partial charge in [0.1, 0.15) is 0 Å². The van der Waals surface area contributed by atoms with Crippen molar-refractivity contribution in [2.75, 3.05) is 6.61 Å². The summed E-state index contributed by atoms with van der Waals surface area (Å²) in [6, 6.07) is 8.92. The van der Waals surface area contributed by atoms with E-state index in [2.05, 4.69) is 45.0 Å². The topological polar surface area (TPSA) is 61.5 Å². The molecule has 126 valence electrons. The number of hydrogen-bond donors (Lipinski definition) is 1. The predicted molar refractivity (Wildman–Crippen MR) is 89.1 cm³/mol. The van der Waals surface area contributed by atoms with Crippen LogP contribution in [-0.2, 0) is 19.7 Å². The van der Waals surface area contributed by atoms with E-state index in [9.17, 15) is 4.79 Å². The van der Waals surface area contributed by atoms with E-state index < -0.39 is 17.8 Å². The highest BCUT2D eigenvalue weighted by molar-refractivity contribution is 5.79. The van der Waals surface area contributed by atoms with E-state index in [0.717, 1.165) is 25.7 Å². The summed E-state index contributed by atoms with van der Waals surface area (Å²) in [7, 11) is 0. The summed E-state index contributed by atoms with van der Waals surface area (Å²) in [6.07, 6.45) is 3.08. The first-order valence-electron chi connectivity index (χ1n) is 8.51. The monoisotopic (exact) mass is 317 g/mol. The molecule has 1 atom stereocenters. The van der Waals surface area contributed by atoms with Crippen molar-refractivity contribution in [3.8, 4) is 0 Å². The Bertz CT molecular complexity index is 583. The highest BCUT2D eigenvalue weighted by Crippen LogP contribution is 2.44. The summed E-state index contributed by atoms with van der Waals surface area (Å²) in [5.41, 5.74) is 8.26. The number of ether oxygens (including phenoxy) is 2. The largest absolute Gasteiger partial charge is 0.367 e. The molecule has 1 unspecified atom stereocenters. The maximum Gasteiger partial charge on any atom is 0.249 e. The maximum absolute atomic E-state index is 11.3. The fraction of sp³-hybridized carbons (Fsp3) is 0.632. The normalized spacial score (nSPS) is 31.4. The molecule has 4 nitrogen and oxygen atoms in total. The van der Waals surface area contributed by atoms with Crippen LogP contribution in [0.2, 0.25) is 0 Å². The summed E-state index contributed by atoms with van der Waals surface area (Å²) in [4.78, 5) is 11.3. The van der Waals surface area contributed by atoms with Gasteiger partial charge in [0.15, 0.2) is 11.9 Å². The lowest BCUT2D eigenvalue weighted by atomic mass is 9.78. The molecule has 1 saturated heterocycles. The van der Waals surface area contributed by atoms with Gasteiger partial charge in [-0.15, -0.1) is 0 Å². The van der Waals surface area contributed by atoms with E-state index in [0.29, 0.717) is 12.5 Å². The SMILES string of the molecule is CC(C)(C)c1cccc(C2CCC3(CC2)OCC(C(N)=O)O3)c1. The smallest absolute Gasteiger partial charge is 0.249 e. The summed E-state index contributed by atoms with van der Waals surface area (Å²) in [6.45, 7) is 7.02. The Kier molecular flexibility index (Phi) is 4.23. The van der Waals surface area contributed by atoms with Crippen molar-refractivity contribution in [1.82, 2.24) is 0 Å². The van der Waals surface area contributed by atoms with Crippen LogP contribution in [-0.4, -0.2) is 24.4 Å². The van der Waals surface area contributed by atoms with E-state index in [1.165, 1.54) is 11.1 Å². The van der Waals surface area contributed by atoms with Crippen LogP contribution in [0.15, 0.2) is 24.3 Å². The first-order valence-corrected chi connectivity index (χ1v) is 8.51. The zero-order valence-corrected chi connectivity index (χ0v) is 14.3. The number of amides is 1. The lowest BCUT2D eigenvalue weighted by Gasteiger charge is -2.36. The molecule has 3 rings (SSSR count). The first-order chi connectivity index (χ1) is 10.8. The molecule has 4 heteroatoms. The van der Waals surface area contributed by atoms with Gasteiger partial charge in [-0.05, 0) is 35.3 Å². The molecule has 1 spiro atoms. The van der Waals surface area contributed by atoms with E-state index in [1.54, 1.807) is 0 Å². The summed E-state index contributed by atoms with van der Waals surface area (Å²) in [5, 5.41) is 0. The molecule has 1 aliphatic heterocycles. The minimum atomic E-state index is -0.587. The van der Waals surface area contributed by atoms with Gasteiger partial charge in [0.2, 0.25) is 5.91 Å². The first kappa shape index (κ1) is 16.5. The van der Waals surface area contributed by atoms with Crippen molar-refractivity contribution >= 4 is 5.91 Å². The average Bonchev–Trinajstić information content (AvgIpc) is 2.92. The van der Waals surface area contributed by atoms with Gasteiger partial charge in [-0.1, -0.05) is 45.0 Å². The predicted octanol–water partition coefficient (Wildman–Crippen LogP) is 3.24. The van der Waals surface area contributed by atoms with Crippen LogP contribution in [0.3, 0.4) is 0 Å². The van der Waals surface area contributed by atoms with Gasteiger partial charge in [-0.3, -0.25) is 4.79 Å². The lowest BCUT2D eigenvalue weighted by molar-refractivity contribution is -0.190. The number of carbonyl (C=O) groups is 1. The molecule has 1 aliphatic carbocycles. The van der Waals surface area contributed by atoms with Crippen LogP contribution in [0.25, 0.3) is 0 Å². The third kappa shape index (κ3) is 3.43. The van der Waals surface area contributed by atoms with Gasteiger partial charge in [-0.2, -0.15) is 0 Å². The van der Waals surface area contributed by atoms with Crippen LogP contribution in [0.4, 0.5) is 0 Å². The van der Waals surface area contributed by atoms with Crippen molar-refractivity contribution in [2.45, 2.75) is 69.7 Å². The number of rotatable bonds is 2. The standard InChI is InChI=1S/C19H27NO3/c1-18(2,3)15-6-4-5-14(11-15)13-7-9-19(10-8-13)22-12-16(23-19)17(20)21/h4-6,11,13,16H,7-10,12H2,1-3H3,(H2,20,21). The Balaban J connectivity index is 1.67. The molecular weight excluding hydrogens is 290 g/mol. The molecule has 0 aromatic heterocycles. The summed E-state index contributed by atoms with van der Waals surface area (Å²) in [5.74, 6) is -0.484. The second-order valence-electron chi connectivity index (χ2n) is 7.88. The zero-order valence-electron chi connectivity index (χ0n) is 14.3. The van der Waals surface area contributed by atoms with Crippen LogP contribution >= 0.6 is 0 Å². The van der Waals surface area contributed by atoms with Gasteiger partial charge >= 0.3 is 0 Å². The van der Waals surface area contributed by atoms with Crippen LogP contribution in [0, 0.1) is 0 Å². The Labute approximate surface area is 138 Å². The van der Waals surface area contributed by atoms with Crippen molar-refractivity contribution in [2.24, 2.45) is 5.73 Å². The minimum Gasteiger partial charge on any atom is -0.367 e. The molecule has 1 aromatic carbocycles. The number of hydrogen-bond acceptors (Lipinski definition) is 3. The van der Waals surface area contributed by atoms with Crippen molar-refractivity contribution in [1.29, 1.82) is 0 Å². The van der Waals surface area contributed by atoms with E-state index in [1.807, 2.05) is 0 Å². The molecule has 1 aromatic rings. The fourth-order valence-electron chi connectivity index (χ4n) is 3.61. The number of benzene rings is 1. The van der Waals surface area contributed by atoms with Gasteiger partial charge < -0.3 is 15.2 Å². The van der Waals surface area contributed by atoms with Crippen LogP contribution in [0.5, 0.6) is 0 Å². The number of carbonyl (C=O) groups excluding carboxylic acids is 1. The Morgan fingerprint density at radius 1 is 1.26 bits per heavy atom. The maximum atomic E-state index is 11.3. The molecule has 0 radical (unpaired) electrons. The van der Waals surface area contributed by atoms with Gasteiger partial charge in [0, 0.05) is 12.8 Å². The Morgan fingerprint density at radius 2 is 1.96 bits per heavy atom. The second-order valence-corrected chi connectivity index (χ2v) is 7.88. The number of primary amides is 1. The Hall–Kier alpha value is -1.39. The highest BCUT2D eigenvalue weighted by atomic mass is 16.7. The van der Waals surface area contributed by atoms with E-state index in [-0.39, 0.29) is 5.41 Å². The van der Waals surface area contributed by atoms with Crippen molar-refractivity contribution < 1.29 is 14.3 Å². The van der Waals surface area contributed by atoms with E-state index in [4.69, 9.17) is 15.2 Å². The average molecular weight is 317 g/mol. The molecule has 2 aliphatic rings. The van der Waals surface area contributed by atoms with Crippen molar-refractivity contribution in [3.05, 3.63) is 35.4 Å². The van der Waals surface area contributed by atoms with Crippen LogP contribution in [0.1, 0.15) is 63.5 Å². The zero-order chi connectivity index (χ0) is 16.7. The minimum absolute atomic E-state index is 0.165. The molecule has 2 fully saturated rings. The molecule has 1 heterocycles. The number of nitrogens with two attached hydrogens (primary N) is 1. The quantitative estimate of drug-likeness (QED) is 0.911. The van der Waals surface area contributed by atoms with Gasteiger partial charge in [0.05, 0.1) is 6.61 Å². The lowest BCUT2D eigenvalue weighted by Crippen LogP contribution is -2.38. The third-order valence-corrected chi connectivity index (χ3v) is 5.14. The summed E-state index contributed by atoms with van der Waals surface area (Å²) < 4.78 is 11.6. The highest BCUT2D eigenvalue weighted by Gasteiger charge is 2.46. The van der Waals surface area contributed by atoms with Gasteiger partial charge in [-0.25, -0.2) is 0 Å². The fourth-order valence-corrected chi connectivity index (χ4v) is 3.61. The molecule has 0 bridgehead atoms. The molecule has 1 amide bonds. The van der Waals surface area contributed by atoms with Crippen molar-refractivity contribution in [3.63, 3.8) is 0 Å². The Morgan fingerprint density at radius 3 is 2.52 bits per heavy atom. The van der Waals surface area contributed by atoms with Crippen LogP contribution < -0.4 is 5.73 Å².